The van der Waals surface area contributed by atoms with Crippen LogP contribution in [0.15, 0.2) is 54.1 Å². The molecule has 1 aliphatic heterocycles. The molecule has 1 atom stereocenters. The van der Waals surface area contributed by atoms with Crippen LogP contribution in [0.1, 0.15) is 23.6 Å². The van der Waals surface area contributed by atoms with Crippen molar-refractivity contribution in [2.45, 2.75) is 12.5 Å². The van der Waals surface area contributed by atoms with Crippen molar-refractivity contribution >= 4 is 23.1 Å². The Morgan fingerprint density at radius 1 is 1.19 bits per heavy atom. The SMILES string of the molecule is COc1ccc(C(O)=C2C(=O)C(=O)N(CCCN(C)C)[C@H]2c2cccc([N+](=O)[O-])c2)cc1. The molecule has 0 unspecified atom stereocenters. The first-order chi connectivity index (χ1) is 15.2. The zero-order valence-electron chi connectivity index (χ0n) is 18.1. The Kier molecular flexibility index (Phi) is 6.89. The lowest BCUT2D eigenvalue weighted by Crippen LogP contribution is -2.32. The smallest absolute Gasteiger partial charge is 0.295 e. The molecule has 0 saturated carbocycles. The number of aliphatic hydroxyl groups is 1. The maximum atomic E-state index is 13.0. The van der Waals surface area contributed by atoms with Gasteiger partial charge in [0.05, 0.1) is 23.6 Å². The minimum Gasteiger partial charge on any atom is -0.507 e. The second kappa shape index (κ2) is 9.61. The topological polar surface area (TPSA) is 113 Å². The number of likely N-dealkylation sites (tertiary alicyclic amines) is 1. The molecule has 0 aromatic heterocycles. The Morgan fingerprint density at radius 2 is 1.88 bits per heavy atom. The summed E-state index contributed by atoms with van der Waals surface area (Å²) in [5.74, 6) is -1.33. The molecule has 0 bridgehead atoms. The van der Waals surface area contributed by atoms with E-state index in [0.717, 1.165) is 0 Å². The molecule has 0 spiro atoms. The van der Waals surface area contributed by atoms with Gasteiger partial charge in [-0.05, 0) is 56.9 Å². The summed E-state index contributed by atoms with van der Waals surface area (Å²) in [6.45, 7) is 0.943. The molecule has 2 aromatic carbocycles. The number of methoxy groups -OCH3 is 1. The minimum atomic E-state index is -0.931. The van der Waals surface area contributed by atoms with Crippen LogP contribution in [0, 0.1) is 10.1 Å². The molecule has 1 N–H and O–H groups in total. The summed E-state index contributed by atoms with van der Waals surface area (Å²) in [4.78, 5) is 40.0. The monoisotopic (exact) mass is 439 g/mol. The van der Waals surface area contributed by atoms with Crippen LogP contribution in [0.3, 0.4) is 0 Å². The highest BCUT2D eigenvalue weighted by Gasteiger charge is 2.46. The standard InChI is InChI=1S/C23H25N3O6/c1-24(2)12-5-13-25-20(16-6-4-7-17(14-16)26(30)31)19(22(28)23(25)29)21(27)15-8-10-18(32-3)11-9-15/h4,6-11,14,20,27H,5,12-13H2,1-3H3/t20-/m0/s1. The largest absolute Gasteiger partial charge is 0.507 e. The molecule has 1 heterocycles. The van der Waals surface area contributed by atoms with Gasteiger partial charge >= 0.3 is 0 Å². The highest BCUT2D eigenvalue weighted by molar-refractivity contribution is 6.46. The van der Waals surface area contributed by atoms with Crippen LogP contribution in [-0.4, -0.2) is 65.8 Å². The third-order valence-corrected chi connectivity index (χ3v) is 5.30. The lowest BCUT2D eigenvalue weighted by Gasteiger charge is -2.25. The average Bonchev–Trinajstić information content (AvgIpc) is 3.03. The predicted molar refractivity (Wildman–Crippen MR) is 118 cm³/mol. The Morgan fingerprint density at radius 3 is 2.47 bits per heavy atom. The van der Waals surface area contributed by atoms with Crippen LogP contribution in [0.5, 0.6) is 5.75 Å². The molecular weight excluding hydrogens is 414 g/mol. The fraction of sp³-hybridized carbons (Fsp3) is 0.304. The van der Waals surface area contributed by atoms with E-state index in [2.05, 4.69) is 0 Å². The fourth-order valence-corrected chi connectivity index (χ4v) is 3.73. The van der Waals surface area contributed by atoms with E-state index in [0.29, 0.717) is 29.8 Å². The molecular formula is C23H25N3O6. The first kappa shape index (κ1) is 23.0. The third-order valence-electron chi connectivity index (χ3n) is 5.30. The van der Waals surface area contributed by atoms with Crippen molar-refractivity contribution in [3.8, 4) is 5.75 Å². The summed E-state index contributed by atoms with van der Waals surface area (Å²) in [5.41, 5.74) is 0.474. The highest BCUT2D eigenvalue weighted by atomic mass is 16.6. The normalized spacial score (nSPS) is 17.8. The minimum absolute atomic E-state index is 0.0921. The molecule has 1 aliphatic rings. The number of Topliss-reactive ketones (excluding diaryl/α,β-unsaturated/α-hetero) is 1. The van der Waals surface area contributed by atoms with Crippen molar-refractivity contribution in [2.24, 2.45) is 0 Å². The average molecular weight is 439 g/mol. The van der Waals surface area contributed by atoms with Crippen molar-refractivity contribution in [2.75, 3.05) is 34.3 Å². The van der Waals surface area contributed by atoms with Gasteiger partial charge in [-0.1, -0.05) is 12.1 Å². The molecule has 9 nitrogen and oxygen atoms in total. The van der Waals surface area contributed by atoms with E-state index in [9.17, 15) is 24.8 Å². The number of benzene rings is 2. The number of ether oxygens (including phenoxy) is 1. The number of ketones is 1. The number of rotatable bonds is 8. The number of carbonyl (C=O) groups excluding carboxylic acids is 2. The number of non-ortho nitro benzene ring substituents is 1. The Balaban J connectivity index is 2.12. The molecule has 168 valence electrons. The molecule has 3 rings (SSSR count). The van der Waals surface area contributed by atoms with Gasteiger partial charge in [0.1, 0.15) is 11.5 Å². The molecule has 1 fully saturated rings. The zero-order chi connectivity index (χ0) is 23.4. The van der Waals surface area contributed by atoms with Gasteiger partial charge in [-0.2, -0.15) is 0 Å². The summed E-state index contributed by atoms with van der Waals surface area (Å²) in [6.07, 6.45) is 0.591. The Labute approximate surface area is 185 Å². The van der Waals surface area contributed by atoms with Crippen LogP contribution < -0.4 is 4.74 Å². The van der Waals surface area contributed by atoms with Gasteiger partial charge in [-0.3, -0.25) is 19.7 Å². The van der Waals surface area contributed by atoms with Crippen molar-refractivity contribution in [1.29, 1.82) is 0 Å². The molecule has 1 amide bonds. The summed E-state index contributed by atoms with van der Waals surface area (Å²) in [7, 11) is 5.31. The zero-order valence-corrected chi connectivity index (χ0v) is 18.1. The second-order valence-corrected chi connectivity index (χ2v) is 7.73. The van der Waals surface area contributed by atoms with E-state index in [4.69, 9.17) is 4.74 Å². The summed E-state index contributed by atoms with van der Waals surface area (Å²) in [6, 6.07) is 11.3. The van der Waals surface area contributed by atoms with E-state index in [-0.39, 0.29) is 23.6 Å². The summed E-state index contributed by atoms with van der Waals surface area (Å²) in [5, 5.41) is 22.3. The third kappa shape index (κ3) is 4.62. The number of hydrogen-bond acceptors (Lipinski definition) is 7. The van der Waals surface area contributed by atoms with E-state index in [1.807, 2.05) is 19.0 Å². The molecule has 9 heteroatoms. The first-order valence-corrected chi connectivity index (χ1v) is 10.1. The predicted octanol–water partition coefficient (Wildman–Crippen LogP) is 2.98. The lowest BCUT2D eigenvalue weighted by atomic mass is 9.95. The number of nitro benzene ring substituents is 1. The van der Waals surface area contributed by atoms with Crippen molar-refractivity contribution in [3.63, 3.8) is 0 Å². The maximum absolute atomic E-state index is 13.0. The van der Waals surface area contributed by atoms with E-state index >= 15 is 0 Å². The molecule has 0 radical (unpaired) electrons. The number of aliphatic hydroxyl groups excluding tert-OH is 1. The fourth-order valence-electron chi connectivity index (χ4n) is 3.73. The van der Waals surface area contributed by atoms with Crippen LogP contribution in [-0.2, 0) is 9.59 Å². The Bertz CT molecular complexity index is 1060. The number of nitro groups is 1. The van der Waals surface area contributed by atoms with Crippen LogP contribution in [0.2, 0.25) is 0 Å². The first-order valence-electron chi connectivity index (χ1n) is 10.1. The lowest BCUT2D eigenvalue weighted by molar-refractivity contribution is -0.384. The van der Waals surface area contributed by atoms with Crippen molar-refractivity contribution < 1.29 is 24.4 Å². The van der Waals surface area contributed by atoms with Gasteiger partial charge in [-0.15, -0.1) is 0 Å². The Hall–Kier alpha value is -3.72. The van der Waals surface area contributed by atoms with Gasteiger partial charge in [0.15, 0.2) is 0 Å². The van der Waals surface area contributed by atoms with Gasteiger partial charge in [0.25, 0.3) is 17.4 Å². The van der Waals surface area contributed by atoms with Gasteiger partial charge in [0, 0.05) is 24.2 Å². The van der Waals surface area contributed by atoms with Gasteiger partial charge < -0.3 is 19.6 Å². The van der Waals surface area contributed by atoms with Crippen molar-refractivity contribution in [3.05, 3.63) is 75.3 Å². The quantitative estimate of drug-likeness (QED) is 0.221. The van der Waals surface area contributed by atoms with E-state index in [1.54, 1.807) is 30.3 Å². The number of nitrogens with zero attached hydrogens (tertiary/aromatic N) is 3. The number of amides is 1. The van der Waals surface area contributed by atoms with Gasteiger partial charge in [0.2, 0.25) is 0 Å². The molecule has 32 heavy (non-hydrogen) atoms. The summed E-state index contributed by atoms with van der Waals surface area (Å²) < 4.78 is 5.12. The van der Waals surface area contributed by atoms with Gasteiger partial charge in [-0.25, -0.2) is 0 Å². The maximum Gasteiger partial charge on any atom is 0.295 e. The van der Waals surface area contributed by atoms with E-state index < -0.39 is 22.7 Å². The second-order valence-electron chi connectivity index (χ2n) is 7.73. The summed E-state index contributed by atoms with van der Waals surface area (Å²) >= 11 is 0. The molecule has 2 aromatic rings. The number of hydrogen-bond donors (Lipinski definition) is 1. The molecule has 0 aliphatic carbocycles. The van der Waals surface area contributed by atoms with Crippen LogP contribution in [0.25, 0.3) is 5.76 Å². The van der Waals surface area contributed by atoms with Crippen molar-refractivity contribution in [1.82, 2.24) is 9.80 Å². The van der Waals surface area contributed by atoms with E-state index in [1.165, 1.54) is 30.2 Å². The molecule has 1 saturated heterocycles. The number of carbonyl (C=O) groups is 2. The highest BCUT2D eigenvalue weighted by Crippen LogP contribution is 2.40. The van der Waals surface area contributed by atoms with Crippen LogP contribution in [0.4, 0.5) is 5.69 Å². The van der Waals surface area contributed by atoms with Crippen LogP contribution >= 0.6 is 0 Å².